The van der Waals surface area contributed by atoms with Gasteiger partial charge in [-0.05, 0) is 31.2 Å². The van der Waals surface area contributed by atoms with Gasteiger partial charge in [0.25, 0.3) is 0 Å². The smallest absolute Gasteiger partial charge is 0.250 e. The summed E-state index contributed by atoms with van der Waals surface area (Å²) >= 11 is 6.65. The highest BCUT2D eigenvalue weighted by atomic mass is 35.5. The van der Waals surface area contributed by atoms with Gasteiger partial charge in [0.05, 0.1) is 4.34 Å². The number of aliphatic hydroxyl groups is 1. The van der Waals surface area contributed by atoms with E-state index in [9.17, 15) is 13.5 Å². The second kappa shape index (κ2) is 5.64. The monoisotopic (exact) mass is 321 g/mol. The van der Waals surface area contributed by atoms with Crippen LogP contribution in [0.15, 0.2) is 32.9 Å². The minimum atomic E-state index is -3.65. The lowest BCUT2D eigenvalue weighted by molar-refractivity contribution is 0.152. The maximum atomic E-state index is 11.9. The third kappa shape index (κ3) is 3.58. The Bertz CT molecular complexity index is 662. The second-order valence-corrected chi connectivity index (χ2v) is 7.58. The van der Waals surface area contributed by atoms with Crippen molar-refractivity contribution in [1.82, 2.24) is 4.72 Å². The molecule has 2 N–H and O–H groups in total. The van der Waals surface area contributed by atoms with E-state index in [0.29, 0.717) is 15.9 Å². The van der Waals surface area contributed by atoms with Crippen molar-refractivity contribution in [2.45, 2.75) is 17.2 Å². The number of nitrogens with one attached hydrogen (secondary N) is 1. The molecule has 2 aromatic heterocycles. The van der Waals surface area contributed by atoms with Crippen LogP contribution in [0.4, 0.5) is 0 Å². The summed E-state index contributed by atoms with van der Waals surface area (Å²) in [4.78, 5) is 0. The van der Waals surface area contributed by atoms with Gasteiger partial charge >= 0.3 is 0 Å². The van der Waals surface area contributed by atoms with Crippen LogP contribution in [-0.2, 0) is 10.0 Å². The predicted octanol–water partition coefficient (Wildman–Crippen LogP) is 2.31. The average molecular weight is 322 g/mol. The number of hydrogen-bond donors (Lipinski definition) is 2. The fraction of sp³-hybridized carbons (Fsp3) is 0.273. The maximum Gasteiger partial charge on any atom is 0.250 e. The SMILES string of the molecule is Cc1ccc(C(O)CNS(=O)(=O)c2ccc(Cl)s2)o1. The van der Waals surface area contributed by atoms with Crippen molar-refractivity contribution in [3.63, 3.8) is 0 Å². The van der Waals surface area contributed by atoms with Crippen LogP contribution >= 0.6 is 22.9 Å². The Kier molecular flexibility index (Phi) is 4.32. The van der Waals surface area contributed by atoms with Gasteiger partial charge in [-0.15, -0.1) is 11.3 Å². The molecule has 2 rings (SSSR count). The van der Waals surface area contributed by atoms with E-state index in [1.807, 2.05) is 0 Å². The average Bonchev–Trinajstić information content (AvgIpc) is 2.95. The fourth-order valence-corrected chi connectivity index (χ4v) is 4.00. The predicted molar refractivity (Wildman–Crippen MR) is 72.9 cm³/mol. The van der Waals surface area contributed by atoms with Crippen LogP contribution in [0.5, 0.6) is 0 Å². The first kappa shape index (κ1) is 14.5. The number of hydrogen-bond acceptors (Lipinski definition) is 5. The Morgan fingerprint density at radius 1 is 1.42 bits per heavy atom. The molecule has 0 aliphatic rings. The van der Waals surface area contributed by atoms with Crippen LogP contribution in [0.1, 0.15) is 17.6 Å². The molecule has 0 aliphatic heterocycles. The van der Waals surface area contributed by atoms with Crippen molar-refractivity contribution in [2.24, 2.45) is 0 Å². The molecule has 0 fully saturated rings. The Balaban J connectivity index is 2.02. The van der Waals surface area contributed by atoms with Crippen LogP contribution in [0.25, 0.3) is 0 Å². The van der Waals surface area contributed by atoms with Gasteiger partial charge in [0.1, 0.15) is 21.8 Å². The van der Waals surface area contributed by atoms with Gasteiger partial charge in [0.2, 0.25) is 10.0 Å². The summed E-state index contributed by atoms with van der Waals surface area (Å²) in [7, 11) is -3.65. The van der Waals surface area contributed by atoms with E-state index in [0.717, 1.165) is 11.3 Å². The number of thiophene rings is 1. The molecular formula is C11H12ClNO4S2. The fourth-order valence-electron chi connectivity index (χ4n) is 1.44. The molecular weight excluding hydrogens is 310 g/mol. The largest absolute Gasteiger partial charge is 0.464 e. The van der Waals surface area contributed by atoms with E-state index in [4.69, 9.17) is 16.0 Å². The van der Waals surface area contributed by atoms with E-state index < -0.39 is 16.1 Å². The molecule has 0 radical (unpaired) electrons. The van der Waals surface area contributed by atoms with E-state index in [1.165, 1.54) is 12.1 Å². The first-order valence-electron chi connectivity index (χ1n) is 5.38. The molecule has 1 atom stereocenters. The zero-order valence-electron chi connectivity index (χ0n) is 9.96. The highest BCUT2D eigenvalue weighted by molar-refractivity contribution is 7.91. The number of aliphatic hydroxyl groups excluding tert-OH is 1. The molecule has 0 saturated carbocycles. The van der Waals surface area contributed by atoms with E-state index in [1.54, 1.807) is 19.1 Å². The van der Waals surface area contributed by atoms with Crippen LogP contribution in [0, 0.1) is 6.92 Å². The van der Waals surface area contributed by atoms with Crippen molar-refractivity contribution < 1.29 is 17.9 Å². The standard InChI is InChI=1S/C11H12ClNO4S2/c1-7-2-3-9(17-7)8(14)6-13-19(15,16)11-5-4-10(12)18-11/h2-5,8,13-14H,6H2,1H3. The number of halogens is 1. The minimum absolute atomic E-state index is 0.111. The molecule has 0 aliphatic carbocycles. The minimum Gasteiger partial charge on any atom is -0.464 e. The molecule has 104 valence electrons. The first-order chi connectivity index (χ1) is 8.88. The lowest BCUT2D eigenvalue weighted by Gasteiger charge is -2.09. The Morgan fingerprint density at radius 2 is 2.16 bits per heavy atom. The maximum absolute atomic E-state index is 11.9. The van der Waals surface area contributed by atoms with Crippen molar-refractivity contribution in [2.75, 3.05) is 6.54 Å². The third-order valence-electron chi connectivity index (χ3n) is 2.37. The molecule has 0 spiro atoms. The quantitative estimate of drug-likeness (QED) is 0.885. The van der Waals surface area contributed by atoms with Gasteiger partial charge in [-0.1, -0.05) is 11.6 Å². The summed E-state index contributed by atoms with van der Waals surface area (Å²) in [5, 5.41) is 9.81. The normalized spacial score (nSPS) is 13.6. The summed E-state index contributed by atoms with van der Waals surface area (Å²) in [5.74, 6) is 0.978. The zero-order valence-corrected chi connectivity index (χ0v) is 12.3. The molecule has 19 heavy (non-hydrogen) atoms. The lowest BCUT2D eigenvalue weighted by atomic mass is 10.3. The summed E-state index contributed by atoms with van der Waals surface area (Å²) in [6, 6.07) is 6.23. The van der Waals surface area contributed by atoms with Gasteiger partial charge in [0.15, 0.2) is 0 Å². The zero-order chi connectivity index (χ0) is 14.0. The molecule has 0 amide bonds. The number of rotatable bonds is 5. The third-order valence-corrected chi connectivity index (χ3v) is 5.52. The number of aryl methyl sites for hydroxylation is 1. The van der Waals surface area contributed by atoms with E-state index in [2.05, 4.69) is 4.72 Å². The van der Waals surface area contributed by atoms with Crippen molar-refractivity contribution >= 4 is 33.0 Å². The molecule has 0 bridgehead atoms. The van der Waals surface area contributed by atoms with Gasteiger partial charge in [-0.25, -0.2) is 13.1 Å². The Hall–Kier alpha value is -0.860. The Morgan fingerprint density at radius 3 is 2.68 bits per heavy atom. The second-order valence-electron chi connectivity index (χ2n) is 3.87. The van der Waals surface area contributed by atoms with Crippen LogP contribution in [0.2, 0.25) is 4.34 Å². The molecule has 2 aromatic rings. The van der Waals surface area contributed by atoms with Crippen molar-refractivity contribution in [3.8, 4) is 0 Å². The number of sulfonamides is 1. The van der Waals surface area contributed by atoms with Gasteiger partial charge in [0, 0.05) is 6.54 Å². The first-order valence-corrected chi connectivity index (χ1v) is 8.05. The highest BCUT2D eigenvalue weighted by Crippen LogP contribution is 2.25. The lowest BCUT2D eigenvalue weighted by Crippen LogP contribution is -2.27. The highest BCUT2D eigenvalue weighted by Gasteiger charge is 2.19. The molecule has 5 nitrogen and oxygen atoms in total. The van der Waals surface area contributed by atoms with Gasteiger partial charge in [-0.3, -0.25) is 0 Å². The molecule has 2 heterocycles. The van der Waals surface area contributed by atoms with Crippen LogP contribution in [-0.4, -0.2) is 20.1 Å². The van der Waals surface area contributed by atoms with E-state index >= 15 is 0 Å². The van der Waals surface area contributed by atoms with Gasteiger partial charge < -0.3 is 9.52 Å². The summed E-state index contributed by atoms with van der Waals surface area (Å²) in [6.07, 6.45) is -1.03. The Labute approximate surface area is 119 Å². The van der Waals surface area contributed by atoms with Gasteiger partial charge in [-0.2, -0.15) is 0 Å². The summed E-state index contributed by atoms with van der Waals surface area (Å²) < 4.78 is 31.8. The van der Waals surface area contributed by atoms with Crippen molar-refractivity contribution in [1.29, 1.82) is 0 Å². The summed E-state index contributed by atoms with van der Waals surface area (Å²) in [5.41, 5.74) is 0. The topological polar surface area (TPSA) is 79.5 Å². The molecule has 0 aromatic carbocycles. The van der Waals surface area contributed by atoms with Crippen molar-refractivity contribution in [3.05, 3.63) is 40.1 Å². The van der Waals surface area contributed by atoms with Crippen LogP contribution < -0.4 is 4.72 Å². The molecule has 0 saturated heterocycles. The van der Waals surface area contributed by atoms with Crippen LogP contribution in [0.3, 0.4) is 0 Å². The molecule has 1 unspecified atom stereocenters. The number of furan rings is 1. The van der Waals surface area contributed by atoms with E-state index in [-0.39, 0.29) is 10.8 Å². The molecule has 8 heteroatoms. The summed E-state index contributed by atoms with van der Waals surface area (Å²) in [6.45, 7) is 1.58.